The van der Waals surface area contributed by atoms with Gasteiger partial charge in [-0.3, -0.25) is 4.79 Å². The van der Waals surface area contributed by atoms with Crippen molar-refractivity contribution in [3.05, 3.63) is 40.6 Å². The van der Waals surface area contributed by atoms with Crippen LogP contribution in [0, 0.1) is 0 Å². The molecule has 0 bridgehead atoms. The summed E-state index contributed by atoms with van der Waals surface area (Å²) in [5.74, 6) is 0.309. The van der Waals surface area contributed by atoms with Crippen molar-refractivity contribution in [2.75, 3.05) is 26.9 Å². The number of thiophene rings is 1. The van der Waals surface area contributed by atoms with E-state index in [-0.39, 0.29) is 16.6 Å². The molecule has 0 spiro atoms. The van der Waals surface area contributed by atoms with Gasteiger partial charge in [0.1, 0.15) is 0 Å². The van der Waals surface area contributed by atoms with E-state index in [0.29, 0.717) is 12.1 Å². The molecule has 0 unspecified atom stereocenters. The summed E-state index contributed by atoms with van der Waals surface area (Å²) in [7, 11) is 1.30. The van der Waals surface area contributed by atoms with Gasteiger partial charge < -0.3 is 9.47 Å². The van der Waals surface area contributed by atoms with Crippen LogP contribution in [0.25, 0.3) is 11.0 Å². The number of amides is 1. The Balaban J connectivity index is 1.83. The minimum atomic E-state index is -3.53. The van der Waals surface area contributed by atoms with Crippen LogP contribution in [-0.4, -0.2) is 60.0 Å². The molecule has 0 atom stereocenters. The number of hydrogen-bond acceptors (Lipinski definition) is 6. The maximum atomic E-state index is 12.6. The Morgan fingerprint density at radius 1 is 1.23 bits per heavy atom. The number of carbonyl (C=O) groups is 1. The molecule has 3 rings (SSSR count). The zero-order valence-electron chi connectivity index (χ0n) is 18.2. The molecule has 2 heterocycles. The number of hydrogen-bond donors (Lipinski definition) is 0. The van der Waals surface area contributed by atoms with E-state index in [2.05, 4.69) is 16.5 Å². The normalized spacial score (nSPS) is 12.0. The maximum Gasteiger partial charge on any atom is 0.242 e. The van der Waals surface area contributed by atoms with Crippen molar-refractivity contribution >= 4 is 50.1 Å². The smallest absolute Gasteiger partial charge is 0.242 e. The van der Waals surface area contributed by atoms with E-state index in [1.54, 1.807) is 35.4 Å². The van der Waals surface area contributed by atoms with Gasteiger partial charge in [-0.1, -0.05) is 31.2 Å². The van der Waals surface area contributed by atoms with Gasteiger partial charge in [-0.05, 0) is 36.1 Å². The van der Waals surface area contributed by atoms with Gasteiger partial charge in [0.2, 0.25) is 15.9 Å². The minimum absolute atomic E-state index is 0.0309. The lowest BCUT2D eigenvalue weighted by Gasteiger charge is -2.16. The molecule has 0 radical (unpaired) electrons. The largest absolute Gasteiger partial charge is 0.340 e. The lowest BCUT2D eigenvalue weighted by Crippen LogP contribution is -2.27. The number of imidazole rings is 1. The van der Waals surface area contributed by atoms with E-state index in [1.165, 1.54) is 30.2 Å². The zero-order valence-corrected chi connectivity index (χ0v) is 20.7. The van der Waals surface area contributed by atoms with Crippen LogP contribution < -0.4 is 0 Å². The van der Waals surface area contributed by atoms with E-state index < -0.39 is 10.0 Å². The number of thioether (sulfide) groups is 1. The number of unbranched alkanes of at least 4 members (excludes halogenated alkanes) is 1. The summed E-state index contributed by atoms with van der Waals surface area (Å²) in [6, 6.07) is 9.04. The van der Waals surface area contributed by atoms with Crippen LogP contribution in [0.5, 0.6) is 0 Å². The molecule has 168 valence electrons. The molecule has 0 fully saturated rings. The Hall–Kier alpha value is -1.88. The van der Waals surface area contributed by atoms with Crippen LogP contribution in [0.4, 0.5) is 0 Å². The van der Waals surface area contributed by atoms with Crippen molar-refractivity contribution in [3.63, 3.8) is 0 Å². The summed E-state index contributed by atoms with van der Waals surface area (Å²) in [5, 5.41) is 2.74. The monoisotopic (exact) mass is 480 g/mol. The lowest BCUT2D eigenvalue weighted by atomic mass is 10.3. The second kappa shape index (κ2) is 10.2. The Bertz CT molecular complexity index is 1140. The fourth-order valence-electron chi connectivity index (χ4n) is 3.06. The van der Waals surface area contributed by atoms with E-state index in [9.17, 15) is 13.2 Å². The summed E-state index contributed by atoms with van der Waals surface area (Å²) in [6.07, 6.45) is 2.00. The summed E-state index contributed by atoms with van der Waals surface area (Å²) in [4.78, 5) is 20.4. The summed E-state index contributed by atoms with van der Waals surface area (Å²) >= 11 is 3.03. The highest BCUT2D eigenvalue weighted by Crippen LogP contribution is 2.28. The highest BCUT2D eigenvalue weighted by molar-refractivity contribution is 7.99. The summed E-state index contributed by atoms with van der Waals surface area (Å²) in [6.45, 7) is 3.49. The molecule has 10 heteroatoms. The van der Waals surface area contributed by atoms with E-state index >= 15 is 0 Å². The van der Waals surface area contributed by atoms with Crippen molar-refractivity contribution in [2.45, 2.75) is 42.9 Å². The van der Waals surface area contributed by atoms with Crippen molar-refractivity contribution in [1.29, 1.82) is 0 Å². The third-order valence-corrected chi connectivity index (χ3v) is 8.56. The predicted molar refractivity (Wildman–Crippen MR) is 127 cm³/mol. The van der Waals surface area contributed by atoms with Crippen LogP contribution in [-0.2, 0) is 27.9 Å². The number of aryl methyl sites for hydroxylation is 1. The van der Waals surface area contributed by atoms with Crippen molar-refractivity contribution in [2.24, 2.45) is 0 Å². The number of benzene rings is 1. The first-order valence-electron chi connectivity index (χ1n) is 10.1. The van der Waals surface area contributed by atoms with Gasteiger partial charge in [0, 0.05) is 32.6 Å². The van der Waals surface area contributed by atoms with Crippen LogP contribution in [0.15, 0.2) is 45.8 Å². The molecule has 0 saturated carbocycles. The second-order valence-corrected chi connectivity index (χ2v) is 11.6. The van der Waals surface area contributed by atoms with E-state index in [0.717, 1.165) is 34.9 Å². The van der Waals surface area contributed by atoms with Crippen LogP contribution in [0.2, 0.25) is 0 Å². The topological polar surface area (TPSA) is 75.5 Å². The molecule has 31 heavy (non-hydrogen) atoms. The number of sulfonamides is 1. The average Bonchev–Trinajstić information content (AvgIpc) is 3.37. The minimum Gasteiger partial charge on any atom is -0.340 e. The Labute approximate surface area is 192 Å². The molecule has 0 saturated heterocycles. The standard InChI is InChI=1S/C21H28N4O3S3/c1-5-6-11-25-19-10-9-17(31(27,28)23(2)3)13-18(19)22-21(25)30-15-20(26)24(4)14-16-8-7-12-29-16/h7-10,12-13H,5-6,11,14-15H2,1-4H3. The Morgan fingerprint density at radius 3 is 2.65 bits per heavy atom. The van der Waals surface area contributed by atoms with Gasteiger partial charge in [-0.2, -0.15) is 0 Å². The summed E-state index contributed by atoms with van der Waals surface area (Å²) in [5.41, 5.74) is 1.51. The molecule has 7 nitrogen and oxygen atoms in total. The highest BCUT2D eigenvalue weighted by atomic mass is 32.2. The molecule has 0 N–H and O–H groups in total. The molecule has 1 aromatic carbocycles. The van der Waals surface area contributed by atoms with Gasteiger partial charge in [0.15, 0.2) is 5.16 Å². The molecule has 1 amide bonds. The van der Waals surface area contributed by atoms with Gasteiger partial charge in [0.25, 0.3) is 0 Å². The zero-order chi connectivity index (χ0) is 22.6. The number of fused-ring (bicyclic) bond motifs is 1. The van der Waals surface area contributed by atoms with Crippen molar-refractivity contribution in [1.82, 2.24) is 18.8 Å². The number of aromatic nitrogens is 2. The molecule has 0 aliphatic rings. The summed E-state index contributed by atoms with van der Waals surface area (Å²) < 4.78 is 28.3. The predicted octanol–water partition coefficient (Wildman–Crippen LogP) is 3.90. The molecular weight excluding hydrogens is 452 g/mol. The lowest BCUT2D eigenvalue weighted by molar-refractivity contribution is -0.127. The number of nitrogens with zero attached hydrogens (tertiary/aromatic N) is 4. The van der Waals surface area contributed by atoms with Crippen molar-refractivity contribution < 1.29 is 13.2 Å². The first-order valence-corrected chi connectivity index (χ1v) is 13.4. The van der Waals surface area contributed by atoms with Crippen LogP contribution in [0.3, 0.4) is 0 Å². The number of carbonyl (C=O) groups excluding carboxylic acids is 1. The maximum absolute atomic E-state index is 12.6. The first kappa shape index (κ1) is 23.8. The van der Waals surface area contributed by atoms with Crippen LogP contribution >= 0.6 is 23.1 Å². The number of rotatable bonds is 10. The Morgan fingerprint density at radius 2 is 2.00 bits per heavy atom. The molecule has 3 aromatic rings. The average molecular weight is 481 g/mol. The van der Waals surface area contributed by atoms with Crippen LogP contribution in [0.1, 0.15) is 24.6 Å². The third-order valence-electron chi connectivity index (χ3n) is 4.92. The fourth-order valence-corrected chi connectivity index (χ4v) is 5.72. The first-order chi connectivity index (χ1) is 14.7. The van der Waals surface area contributed by atoms with E-state index in [4.69, 9.17) is 0 Å². The fraction of sp³-hybridized carbons (Fsp3) is 0.429. The van der Waals surface area contributed by atoms with E-state index in [1.807, 2.05) is 23.6 Å². The quantitative estimate of drug-likeness (QED) is 0.412. The van der Waals surface area contributed by atoms with Gasteiger partial charge in [0.05, 0.1) is 28.2 Å². The van der Waals surface area contributed by atoms with Crippen molar-refractivity contribution in [3.8, 4) is 0 Å². The Kier molecular flexibility index (Phi) is 7.79. The second-order valence-electron chi connectivity index (χ2n) is 7.46. The molecule has 0 aliphatic heterocycles. The molecule has 2 aromatic heterocycles. The van der Waals surface area contributed by atoms with Gasteiger partial charge in [-0.15, -0.1) is 11.3 Å². The SMILES string of the molecule is CCCCn1c(SCC(=O)N(C)Cc2cccs2)nc2cc(S(=O)(=O)N(C)C)ccc21. The van der Waals surface area contributed by atoms with Gasteiger partial charge >= 0.3 is 0 Å². The van der Waals surface area contributed by atoms with Gasteiger partial charge in [-0.25, -0.2) is 17.7 Å². The molecular formula is C21H28N4O3S3. The highest BCUT2D eigenvalue weighted by Gasteiger charge is 2.20. The molecule has 0 aliphatic carbocycles. The third kappa shape index (κ3) is 5.49.